The molecule has 5 rings (SSSR count). The van der Waals surface area contributed by atoms with Crippen LogP contribution in [0.4, 0.5) is 17.5 Å². The van der Waals surface area contributed by atoms with E-state index in [-0.39, 0.29) is 17.0 Å². The molecule has 2 aromatic carbocycles. The number of hydrogen-bond donors (Lipinski definition) is 1. The van der Waals surface area contributed by atoms with E-state index in [9.17, 15) is 14.9 Å². The normalized spacial score (nSPS) is 13.9. The Balaban J connectivity index is 1.38. The molecule has 0 atom stereocenters. The summed E-state index contributed by atoms with van der Waals surface area (Å²) in [7, 11) is 0. The van der Waals surface area contributed by atoms with Crippen LogP contribution in [0, 0.1) is 15.5 Å². The topological polar surface area (TPSA) is 122 Å². The van der Waals surface area contributed by atoms with Gasteiger partial charge in [-0.15, -0.1) is 0 Å². The lowest BCUT2D eigenvalue weighted by molar-refractivity contribution is -0.384. The smallest absolute Gasteiger partial charge is 0.269 e. The highest BCUT2D eigenvalue weighted by molar-refractivity contribution is 5.84. The third-order valence-electron chi connectivity index (χ3n) is 7.10. The predicted octanol–water partition coefficient (Wildman–Crippen LogP) is 4.52. The van der Waals surface area contributed by atoms with Gasteiger partial charge in [-0.25, -0.2) is 4.98 Å². The molecule has 1 saturated heterocycles. The number of nitrogens with one attached hydrogen (secondary N) is 1. The zero-order chi connectivity index (χ0) is 29.0. The average molecular weight is 557 g/mol. The highest BCUT2D eigenvalue weighted by Crippen LogP contribution is 2.26. The summed E-state index contributed by atoms with van der Waals surface area (Å²) in [4.78, 5) is 41.9. The standard InChI is InChI=1S/C30H36N8O3/c1-30(2,3)19-25(39)35-15-17-36(18-16-35)29-33-27(31-14-13-22-7-5-4-6-8-22)26-28(34-29)37(21-32-26)20-23-9-11-24(12-10-23)38(40)41/h4-12,21H,13-20H2,1-3H3,(H,31,33,34). The summed E-state index contributed by atoms with van der Waals surface area (Å²) in [6.07, 6.45) is 3.09. The van der Waals surface area contributed by atoms with E-state index in [0.29, 0.717) is 68.6 Å². The summed E-state index contributed by atoms with van der Waals surface area (Å²) in [5.41, 5.74) is 3.48. The molecule has 1 fully saturated rings. The summed E-state index contributed by atoms with van der Waals surface area (Å²) >= 11 is 0. The maximum absolute atomic E-state index is 12.8. The fourth-order valence-electron chi connectivity index (χ4n) is 4.92. The van der Waals surface area contributed by atoms with Crippen LogP contribution in [0.3, 0.4) is 0 Å². The number of hydrogen-bond acceptors (Lipinski definition) is 8. The molecule has 4 aromatic rings. The Hall–Kier alpha value is -4.54. The van der Waals surface area contributed by atoms with Gasteiger partial charge in [0.25, 0.3) is 5.69 Å². The molecule has 0 radical (unpaired) electrons. The van der Waals surface area contributed by atoms with Gasteiger partial charge in [0.15, 0.2) is 17.0 Å². The molecule has 1 amide bonds. The summed E-state index contributed by atoms with van der Waals surface area (Å²) in [6, 6.07) is 16.8. The van der Waals surface area contributed by atoms with E-state index < -0.39 is 4.92 Å². The van der Waals surface area contributed by atoms with E-state index in [1.165, 1.54) is 17.7 Å². The Bertz CT molecular complexity index is 1500. The molecule has 41 heavy (non-hydrogen) atoms. The molecule has 0 saturated carbocycles. The van der Waals surface area contributed by atoms with E-state index in [1.807, 2.05) is 27.7 Å². The highest BCUT2D eigenvalue weighted by Gasteiger charge is 2.27. The summed E-state index contributed by atoms with van der Waals surface area (Å²) in [5, 5.41) is 14.5. The zero-order valence-electron chi connectivity index (χ0n) is 23.8. The van der Waals surface area contributed by atoms with Crippen molar-refractivity contribution in [1.82, 2.24) is 24.4 Å². The third kappa shape index (κ3) is 6.97. The van der Waals surface area contributed by atoms with Crippen molar-refractivity contribution in [3.63, 3.8) is 0 Å². The number of nitrogens with zero attached hydrogens (tertiary/aromatic N) is 7. The molecule has 0 aliphatic carbocycles. The molecule has 11 nitrogen and oxygen atoms in total. The third-order valence-corrected chi connectivity index (χ3v) is 7.10. The SMILES string of the molecule is CC(C)(C)CC(=O)N1CCN(c2nc(NCCc3ccccc3)c3ncn(Cc4ccc([N+](=O)[O-])cc4)c3n2)CC1. The van der Waals surface area contributed by atoms with E-state index in [0.717, 1.165) is 12.0 Å². The zero-order valence-corrected chi connectivity index (χ0v) is 23.8. The van der Waals surface area contributed by atoms with Gasteiger partial charge in [-0.2, -0.15) is 9.97 Å². The number of nitro groups is 1. The molecule has 0 spiro atoms. The quantitative estimate of drug-likeness (QED) is 0.236. The van der Waals surface area contributed by atoms with Gasteiger partial charge in [-0.1, -0.05) is 63.2 Å². The van der Waals surface area contributed by atoms with Gasteiger partial charge in [0.05, 0.1) is 17.8 Å². The van der Waals surface area contributed by atoms with Crippen molar-refractivity contribution < 1.29 is 9.72 Å². The number of carbonyl (C=O) groups is 1. The van der Waals surface area contributed by atoms with Crippen LogP contribution in [0.5, 0.6) is 0 Å². The van der Waals surface area contributed by atoms with Crippen LogP contribution in [0.2, 0.25) is 0 Å². The predicted molar refractivity (Wildman–Crippen MR) is 159 cm³/mol. The molecule has 0 unspecified atom stereocenters. The van der Waals surface area contributed by atoms with E-state index in [4.69, 9.17) is 9.97 Å². The van der Waals surface area contributed by atoms with Crippen LogP contribution >= 0.6 is 0 Å². The number of aromatic nitrogens is 4. The Kier molecular flexibility index (Phi) is 8.14. The average Bonchev–Trinajstić information content (AvgIpc) is 3.35. The molecule has 0 bridgehead atoms. The minimum atomic E-state index is -0.403. The van der Waals surface area contributed by atoms with Gasteiger partial charge >= 0.3 is 0 Å². The maximum atomic E-state index is 12.8. The van der Waals surface area contributed by atoms with Gasteiger partial charge < -0.3 is 19.7 Å². The number of non-ortho nitro benzene ring substituents is 1. The van der Waals surface area contributed by atoms with E-state index in [2.05, 4.69) is 48.1 Å². The van der Waals surface area contributed by atoms with Crippen molar-refractivity contribution in [2.75, 3.05) is 42.9 Å². The molecule has 2 aromatic heterocycles. The molecule has 3 heterocycles. The number of benzene rings is 2. The van der Waals surface area contributed by atoms with Crippen LogP contribution in [-0.4, -0.2) is 68.0 Å². The number of imidazole rings is 1. The number of rotatable bonds is 9. The first-order valence-corrected chi connectivity index (χ1v) is 13.9. The minimum absolute atomic E-state index is 0.0508. The van der Waals surface area contributed by atoms with Crippen molar-refractivity contribution in [2.24, 2.45) is 5.41 Å². The van der Waals surface area contributed by atoms with Crippen LogP contribution in [0.15, 0.2) is 60.9 Å². The number of anilines is 2. The fourth-order valence-corrected chi connectivity index (χ4v) is 4.92. The lowest BCUT2D eigenvalue weighted by atomic mass is 9.91. The van der Waals surface area contributed by atoms with E-state index >= 15 is 0 Å². The van der Waals surface area contributed by atoms with E-state index in [1.54, 1.807) is 18.5 Å². The molecule has 214 valence electrons. The Morgan fingerprint density at radius 3 is 2.34 bits per heavy atom. The number of piperazine rings is 1. The second-order valence-electron chi connectivity index (χ2n) is 11.6. The second-order valence-corrected chi connectivity index (χ2v) is 11.6. The number of carbonyl (C=O) groups excluding carboxylic acids is 1. The molecular weight excluding hydrogens is 520 g/mol. The summed E-state index contributed by atoms with van der Waals surface area (Å²) in [5.74, 6) is 1.43. The first kappa shape index (κ1) is 28.0. The van der Waals surface area contributed by atoms with Gasteiger partial charge in [0, 0.05) is 51.3 Å². The maximum Gasteiger partial charge on any atom is 0.269 e. The molecule has 1 aliphatic heterocycles. The Morgan fingerprint density at radius 1 is 0.976 bits per heavy atom. The van der Waals surface area contributed by atoms with Crippen LogP contribution < -0.4 is 10.2 Å². The lowest BCUT2D eigenvalue weighted by Crippen LogP contribution is -2.49. The van der Waals surface area contributed by atoms with Crippen molar-refractivity contribution in [2.45, 2.75) is 40.2 Å². The van der Waals surface area contributed by atoms with Gasteiger partial charge in [-0.05, 0) is 23.0 Å². The van der Waals surface area contributed by atoms with Crippen molar-refractivity contribution in [1.29, 1.82) is 0 Å². The van der Waals surface area contributed by atoms with Crippen molar-refractivity contribution >= 4 is 34.5 Å². The first-order chi connectivity index (χ1) is 19.7. The minimum Gasteiger partial charge on any atom is -0.368 e. The van der Waals surface area contributed by atoms with Gasteiger partial charge in [-0.3, -0.25) is 14.9 Å². The number of nitro benzene ring substituents is 1. The Labute approximate surface area is 239 Å². The van der Waals surface area contributed by atoms with Crippen molar-refractivity contribution in [3.05, 3.63) is 82.2 Å². The number of amides is 1. The lowest BCUT2D eigenvalue weighted by Gasteiger charge is -2.36. The van der Waals surface area contributed by atoms with Crippen LogP contribution in [0.1, 0.15) is 38.3 Å². The largest absolute Gasteiger partial charge is 0.368 e. The first-order valence-electron chi connectivity index (χ1n) is 13.9. The van der Waals surface area contributed by atoms with Gasteiger partial charge in [0.2, 0.25) is 11.9 Å². The van der Waals surface area contributed by atoms with Gasteiger partial charge in [0.1, 0.15) is 0 Å². The summed E-state index contributed by atoms with van der Waals surface area (Å²) < 4.78 is 1.94. The monoisotopic (exact) mass is 556 g/mol. The van der Waals surface area contributed by atoms with Crippen LogP contribution in [-0.2, 0) is 17.8 Å². The Morgan fingerprint density at radius 2 is 1.68 bits per heavy atom. The van der Waals surface area contributed by atoms with Crippen LogP contribution in [0.25, 0.3) is 11.2 Å². The second kappa shape index (κ2) is 11.9. The highest BCUT2D eigenvalue weighted by atomic mass is 16.6. The fraction of sp³-hybridized carbons (Fsp3) is 0.400. The molecule has 11 heteroatoms. The molecule has 1 aliphatic rings. The summed E-state index contributed by atoms with van der Waals surface area (Å²) in [6.45, 7) is 9.90. The number of fused-ring (bicyclic) bond motifs is 1. The molecular formula is C30H36N8O3. The molecule has 1 N–H and O–H groups in total. The van der Waals surface area contributed by atoms with Crippen molar-refractivity contribution in [3.8, 4) is 0 Å².